The zero-order valence-electron chi connectivity index (χ0n) is 15.8. The molecule has 27 heavy (non-hydrogen) atoms. The van der Waals surface area contributed by atoms with Crippen molar-refractivity contribution in [1.82, 2.24) is 10.1 Å². The molecule has 2 heterocycles. The standard InChI is InChI=1S/C22H24N2O3/c1-25-15-18-12-16(8-9-20(18)26-2)13-24-11-10-21-19(14-24)22(23-27-21)17-6-4-3-5-7-17/h3-9,12H,10-11,13-15H2,1-2H3. The zero-order chi connectivity index (χ0) is 18.6. The fourth-order valence-corrected chi connectivity index (χ4v) is 3.68. The molecule has 0 radical (unpaired) electrons. The van der Waals surface area contributed by atoms with Gasteiger partial charge in [0.15, 0.2) is 0 Å². The molecule has 0 saturated carbocycles. The van der Waals surface area contributed by atoms with Gasteiger partial charge in [-0.1, -0.05) is 41.6 Å². The van der Waals surface area contributed by atoms with Crippen LogP contribution in [0, 0.1) is 0 Å². The van der Waals surface area contributed by atoms with Crippen LogP contribution in [0.1, 0.15) is 22.5 Å². The summed E-state index contributed by atoms with van der Waals surface area (Å²) in [5.41, 5.74) is 5.61. The smallest absolute Gasteiger partial charge is 0.143 e. The van der Waals surface area contributed by atoms with E-state index < -0.39 is 0 Å². The van der Waals surface area contributed by atoms with E-state index in [4.69, 9.17) is 14.0 Å². The SMILES string of the molecule is COCc1cc(CN2CCc3onc(-c4ccccc4)c3C2)ccc1OC. The number of fused-ring (bicyclic) bond motifs is 1. The van der Waals surface area contributed by atoms with E-state index in [9.17, 15) is 0 Å². The van der Waals surface area contributed by atoms with Gasteiger partial charge in [-0.05, 0) is 17.7 Å². The molecule has 0 saturated heterocycles. The highest BCUT2D eigenvalue weighted by Gasteiger charge is 2.25. The van der Waals surface area contributed by atoms with Crippen LogP contribution in [0.15, 0.2) is 53.1 Å². The summed E-state index contributed by atoms with van der Waals surface area (Å²) in [4.78, 5) is 2.43. The Balaban J connectivity index is 1.54. The van der Waals surface area contributed by atoms with Crippen LogP contribution in [0.5, 0.6) is 5.75 Å². The molecular weight excluding hydrogens is 340 g/mol. The Kier molecular flexibility index (Phi) is 5.23. The lowest BCUT2D eigenvalue weighted by Gasteiger charge is -2.26. The van der Waals surface area contributed by atoms with Crippen LogP contribution in [0.25, 0.3) is 11.3 Å². The molecule has 0 fully saturated rings. The predicted octanol–water partition coefficient (Wildman–Crippen LogP) is 4.05. The third-order valence-electron chi connectivity index (χ3n) is 5.00. The highest BCUT2D eigenvalue weighted by Crippen LogP contribution is 2.31. The number of hydrogen-bond donors (Lipinski definition) is 0. The van der Waals surface area contributed by atoms with Gasteiger partial charge in [-0.3, -0.25) is 4.90 Å². The Labute approximate surface area is 159 Å². The normalized spacial score (nSPS) is 14.1. The molecule has 0 atom stereocenters. The van der Waals surface area contributed by atoms with Gasteiger partial charge in [-0.15, -0.1) is 0 Å². The minimum Gasteiger partial charge on any atom is -0.496 e. The lowest BCUT2D eigenvalue weighted by Crippen LogP contribution is -2.29. The molecular formula is C22H24N2O3. The van der Waals surface area contributed by atoms with E-state index in [1.165, 1.54) is 11.1 Å². The molecule has 2 aromatic carbocycles. The van der Waals surface area contributed by atoms with Crippen molar-refractivity contribution in [2.24, 2.45) is 0 Å². The van der Waals surface area contributed by atoms with E-state index >= 15 is 0 Å². The molecule has 0 spiro atoms. The van der Waals surface area contributed by atoms with Crippen LogP contribution >= 0.6 is 0 Å². The average Bonchev–Trinajstić information content (AvgIpc) is 3.12. The molecule has 3 aromatic rings. The first kappa shape index (κ1) is 17.8. The van der Waals surface area contributed by atoms with Crippen molar-refractivity contribution in [1.29, 1.82) is 0 Å². The van der Waals surface area contributed by atoms with Crippen molar-refractivity contribution in [3.8, 4) is 17.0 Å². The number of benzene rings is 2. The summed E-state index contributed by atoms with van der Waals surface area (Å²) >= 11 is 0. The minimum atomic E-state index is 0.547. The van der Waals surface area contributed by atoms with Crippen LogP contribution in [-0.4, -0.2) is 30.8 Å². The van der Waals surface area contributed by atoms with E-state index in [2.05, 4.69) is 34.3 Å². The summed E-state index contributed by atoms with van der Waals surface area (Å²) in [5.74, 6) is 1.88. The van der Waals surface area contributed by atoms with Crippen molar-refractivity contribution in [3.63, 3.8) is 0 Å². The predicted molar refractivity (Wildman–Crippen MR) is 103 cm³/mol. The van der Waals surface area contributed by atoms with Gasteiger partial charge in [0, 0.05) is 49.9 Å². The molecule has 1 aliphatic heterocycles. The number of hydrogen-bond acceptors (Lipinski definition) is 5. The number of ether oxygens (including phenoxy) is 2. The Bertz CT molecular complexity index is 905. The maximum absolute atomic E-state index is 5.61. The first-order valence-corrected chi connectivity index (χ1v) is 9.18. The fraction of sp³-hybridized carbons (Fsp3) is 0.318. The van der Waals surface area contributed by atoms with Crippen molar-refractivity contribution < 1.29 is 14.0 Å². The molecule has 0 aliphatic carbocycles. The zero-order valence-corrected chi connectivity index (χ0v) is 15.8. The van der Waals surface area contributed by atoms with Crippen LogP contribution < -0.4 is 4.74 Å². The van der Waals surface area contributed by atoms with Gasteiger partial charge in [-0.2, -0.15) is 0 Å². The molecule has 4 rings (SSSR count). The second-order valence-electron chi connectivity index (χ2n) is 6.84. The van der Waals surface area contributed by atoms with Crippen molar-refractivity contribution in [2.45, 2.75) is 26.1 Å². The summed E-state index contributed by atoms with van der Waals surface area (Å²) in [6.45, 7) is 3.22. The quantitative estimate of drug-likeness (QED) is 0.660. The molecule has 1 aliphatic rings. The Hall–Kier alpha value is -2.63. The van der Waals surface area contributed by atoms with Crippen molar-refractivity contribution in [3.05, 3.63) is 71.0 Å². The number of methoxy groups -OCH3 is 2. The van der Waals surface area contributed by atoms with Gasteiger partial charge in [0.1, 0.15) is 17.2 Å². The first-order chi connectivity index (χ1) is 13.3. The van der Waals surface area contributed by atoms with Crippen molar-refractivity contribution in [2.75, 3.05) is 20.8 Å². The minimum absolute atomic E-state index is 0.547. The van der Waals surface area contributed by atoms with Gasteiger partial charge >= 0.3 is 0 Å². The topological polar surface area (TPSA) is 47.7 Å². The Morgan fingerprint density at radius 1 is 1.11 bits per heavy atom. The Morgan fingerprint density at radius 3 is 2.74 bits per heavy atom. The fourth-order valence-electron chi connectivity index (χ4n) is 3.68. The van der Waals surface area contributed by atoms with Crippen molar-refractivity contribution >= 4 is 0 Å². The molecule has 5 heteroatoms. The van der Waals surface area contributed by atoms with E-state index in [1.807, 2.05) is 24.3 Å². The number of aromatic nitrogens is 1. The summed E-state index contributed by atoms with van der Waals surface area (Å²) < 4.78 is 16.3. The number of rotatable bonds is 6. The van der Waals surface area contributed by atoms with Gasteiger partial charge in [0.2, 0.25) is 0 Å². The molecule has 140 valence electrons. The van der Waals surface area contributed by atoms with E-state index in [0.717, 1.165) is 54.4 Å². The van der Waals surface area contributed by atoms with E-state index in [1.54, 1.807) is 14.2 Å². The van der Waals surface area contributed by atoms with Gasteiger partial charge < -0.3 is 14.0 Å². The first-order valence-electron chi connectivity index (χ1n) is 9.18. The summed E-state index contributed by atoms with van der Waals surface area (Å²) in [6, 6.07) is 16.6. The summed E-state index contributed by atoms with van der Waals surface area (Å²) in [7, 11) is 3.40. The van der Waals surface area contributed by atoms with Crippen LogP contribution in [0.3, 0.4) is 0 Å². The molecule has 5 nitrogen and oxygen atoms in total. The summed E-state index contributed by atoms with van der Waals surface area (Å²) in [6.07, 6.45) is 0.885. The van der Waals surface area contributed by atoms with Gasteiger partial charge in [-0.25, -0.2) is 0 Å². The third kappa shape index (κ3) is 3.75. The van der Waals surface area contributed by atoms with Crippen LogP contribution in [-0.2, 0) is 30.9 Å². The monoisotopic (exact) mass is 364 g/mol. The highest BCUT2D eigenvalue weighted by molar-refractivity contribution is 5.63. The highest BCUT2D eigenvalue weighted by atomic mass is 16.5. The second-order valence-corrected chi connectivity index (χ2v) is 6.84. The lowest BCUT2D eigenvalue weighted by molar-refractivity contribution is 0.181. The molecule has 1 aromatic heterocycles. The molecule has 0 N–H and O–H groups in total. The molecule has 0 amide bonds. The Morgan fingerprint density at radius 2 is 1.96 bits per heavy atom. The maximum atomic E-state index is 5.61. The lowest BCUT2D eigenvalue weighted by atomic mass is 10.0. The van der Waals surface area contributed by atoms with Crippen LogP contribution in [0.2, 0.25) is 0 Å². The summed E-state index contributed by atoms with van der Waals surface area (Å²) in [5, 5.41) is 4.34. The largest absolute Gasteiger partial charge is 0.496 e. The van der Waals surface area contributed by atoms with Gasteiger partial charge in [0.05, 0.1) is 13.7 Å². The van der Waals surface area contributed by atoms with Crippen LogP contribution in [0.4, 0.5) is 0 Å². The maximum Gasteiger partial charge on any atom is 0.143 e. The second kappa shape index (κ2) is 7.94. The van der Waals surface area contributed by atoms with Gasteiger partial charge in [0.25, 0.3) is 0 Å². The van der Waals surface area contributed by atoms with E-state index in [-0.39, 0.29) is 0 Å². The average molecular weight is 364 g/mol. The molecule has 0 unspecified atom stereocenters. The van der Waals surface area contributed by atoms with E-state index in [0.29, 0.717) is 6.61 Å². The molecule has 0 bridgehead atoms. The number of nitrogens with zero attached hydrogens (tertiary/aromatic N) is 2. The third-order valence-corrected chi connectivity index (χ3v) is 5.00.